The fourth-order valence-corrected chi connectivity index (χ4v) is 1.16. The van der Waals surface area contributed by atoms with Gasteiger partial charge in [-0.2, -0.15) is 0 Å². The van der Waals surface area contributed by atoms with E-state index in [1.54, 1.807) is 0 Å². The molecule has 0 radical (unpaired) electrons. The third-order valence-electron chi connectivity index (χ3n) is 1.58. The monoisotopic (exact) mass is 188 g/mol. The molecule has 4 nitrogen and oxygen atoms in total. The van der Waals surface area contributed by atoms with Crippen molar-refractivity contribution in [2.24, 2.45) is 0 Å². The fourth-order valence-electron chi connectivity index (χ4n) is 0.964. The van der Waals surface area contributed by atoms with Crippen LogP contribution < -0.4 is 0 Å². The Morgan fingerprint density at radius 2 is 1.92 bits per heavy atom. The predicted molar refractivity (Wildman–Crippen MR) is 43.0 cm³/mol. The molecule has 1 fully saturated rings. The third kappa shape index (κ3) is 1.85. The summed E-state index contributed by atoms with van der Waals surface area (Å²) in [6.07, 6.45) is 0.813. The molecule has 66 valence electrons. The molecule has 12 heavy (non-hydrogen) atoms. The van der Waals surface area contributed by atoms with E-state index in [1.165, 1.54) is 6.26 Å². The zero-order chi connectivity index (χ0) is 9.14. The first kappa shape index (κ1) is 9.25. The van der Waals surface area contributed by atoms with Gasteiger partial charge in [-0.15, -0.1) is 0 Å². The normalized spacial score (nSPS) is 18.4. The van der Waals surface area contributed by atoms with Gasteiger partial charge < -0.3 is 4.74 Å². The number of thioether (sulfide) groups is 1. The Balaban J connectivity index is 2.56. The van der Waals surface area contributed by atoms with Gasteiger partial charge in [0.15, 0.2) is 11.6 Å². The molecule has 0 N–H and O–H groups in total. The highest BCUT2D eigenvalue weighted by Gasteiger charge is 2.35. The molecule has 0 heterocycles. The van der Waals surface area contributed by atoms with Gasteiger partial charge in [0.25, 0.3) is 0 Å². The molecule has 1 saturated carbocycles. The summed E-state index contributed by atoms with van der Waals surface area (Å²) in [6.45, 7) is 0. The largest absolute Gasteiger partial charge is 0.438 e. The topological polar surface area (TPSA) is 60.4 Å². The highest BCUT2D eigenvalue weighted by Crippen LogP contribution is 2.16. The number of ketones is 2. The molecule has 0 aromatic heterocycles. The molecule has 0 aromatic carbocycles. The summed E-state index contributed by atoms with van der Waals surface area (Å²) in [5, 5.41) is -0.580. The van der Waals surface area contributed by atoms with Gasteiger partial charge in [0, 0.05) is 12.8 Å². The van der Waals surface area contributed by atoms with Crippen molar-refractivity contribution in [2.45, 2.75) is 18.9 Å². The average Bonchev–Trinajstić information content (AvgIpc) is 2.35. The summed E-state index contributed by atoms with van der Waals surface area (Å²) >= 11 is 0.850. The van der Waals surface area contributed by atoms with Crippen LogP contribution in [0.3, 0.4) is 0 Å². The van der Waals surface area contributed by atoms with Crippen LogP contribution in [0.1, 0.15) is 12.8 Å². The molecule has 0 unspecified atom stereocenters. The Labute approximate surface area is 73.6 Å². The lowest BCUT2D eigenvalue weighted by atomic mass is 10.3. The average molecular weight is 188 g/mol. The zero-order valence-electron chi connectivity index (χ0n) is 6.53. The van der Waals surface area contributed by atoms with Gasteiger partial charge in [-0.05, 0) is 18.0 Å². The number of ether oxygens (including phenoxy) is 1. The number of hydrogen-bond acceptors (Lipinski definition) is 5. The Bertz CT molecular complexity index is 220. The number of carbonyl (C=O) groups is 3. The maximum Gasteiger partial charge on any atom is 0.368 e. The number of Topliss-reactive ketones (excluding diaryl/α,β-unsaturated/α-hetero) is 2. The van der Waals surface area contributed by atoms with Crippen LogP contribution in [0.5, 0.6) is 0 Å². The van der Waals surface area contributed by atoms with Gasteiger partial charge in [-0.3, -0.25) is 9.59 Å². The minimum Gasteiger partial charge on any atom is -0.438 e. The molecule has 1 aliphatic rings. The number of carbonyl (C=O) groups excluding carboxylic acids is 3. The van der Waals surface area contributed by atoms with Crippen LogP contribution in [0, 0.1) is 0 Å². The van der Waals surface area contributed by atoms with Crippen LogP contribution >= 0.6 is 11.8 Å². The van der Waals surface area contributed by atoms with Crippen LogP contribution in [0.4, 0.5) is 4.79 Å². The van der Waals surface area contributed by atoms with E-state index >= 15 is 0 Å². The van der Waals surface area contributed by atoms with E-state index in [9.17, 15) is 14.4 Å². The van der Waals surface area contributed by atoms with Crippen molar-refractivity contribution in [3.05, 3.63) is 0 Å². The van der Waals surface area contributed by atoms with E-state index in [2.05, 4.69) is 4.74 Å². The molecular formula is C7H8O4S. The van der Waals surface area contributed by atoms with E-state index < -0.39 is 11.4 Å². The maximum atomic E-state index is 10.9. The van der Waals surface area contributed by atoms with E-state index in [-0.39, 0.29) is 24.4 Å². The van der Waals surface area contributed by atoms with E-state index in [1.807, 2.05) is 0 Å². The highest BCUT2D eigenvalue weighted by atomic mass is 32.2. The first-order valence-electron chi connectivity index (χ1n) is 3.45. The second kappa shape index (κ2) is 3.71. The second-order valence-electron chi connectivity index (χ2n) is 2.38. The fraction of sp³-hybridized carbons (Fsp3) is 0.571. The molecule has 0 atom stereocenters. The lowest BCUT2D eigenvalue weighted by Crippen LogP contribution is -2.26. The van der Waals surface area contributed by atoms with Gasteiger partial charge in [-0.1, -0.05) is 0 Å². The van der Waals surface area contributed by atoms with Gasteiger partial charge >= 0.3 is 5.30 Å². The smallest absolute Gasteiger partial charge is 0.368 e. The van der Waals surface area contributed by atoms with E-state index in [0.29, 0.717) is 0 Å². The standard InChI is InChI=1S/C7H8O4S/c1-12-7(10)11-6-4(8)2-3-5(6)9/h6H,2-3H2,1H3. The van der Waals surface area contributed by atoms with E-state index in [4.69, 9.17) is 0 Å². The van der Waals surface area contributed by atoms with Crippen molar-refractivity contribution < 1.29 is 19.1 Å². The maximum absolute atomic E-state index is 10.9. The van der Waals surface area contributed by atoms with E-state index in [0.717, 1.165) is 11.8 Å². The van der Waals surface area contributed by atoms with Gasteiger partial charge in [0.1, 0.15) is 0 Å². The van der Waals surface area contributed by atoms with Gasteiger partial charge in [0.2, 0.25) is 6.10 Å². The summed E-state index contributed by atoms with van der Waals surface area (Å²) in [4.78, 5) is 32.6. The second-order valence-corrected chi connectivity index (χ2v) is 3.13. The summed E-state index contributed by atoms with van der Waals surface area (Å²) in [6, 6.07) is 0. The molecule has 5 heteroatoms. The molecule has 1 rings (SSSR count). The SMILES string of the molecule is CSC(=O)OC1C(=O)CCC1=O. The minimum absolute atomic E-state index is 0.200. The van der Waals surface area contributed by atoms with Crippen molar-refractivity contribution in [1.82, 2.24) is 0 Å². The molecule has 0 aliphatic heterocycles. The predicted octanol–water partition coefficient (Wildman–Crippen LogP) is 0.787. The summed E-state index contributed by atoms with van der Waals surface area (Å²) < 4.78 is 4.61. The summed E-state index contributed by atoms with van der Waals surface area (Å²) in [5.74, 6) is -0.579. The van der Waals surface area contributed by atoms with Crippen molar-refractivity contribution in [3.63, 3.8) is 0 Å². The quantitative estimate of drug-likeness (QED) is 0.449. The molecule has 1 aliphatic carbocycles. The van der Waals surface area contributed by atoms with Crippen molar-refractivity contribution >= 4 is 28.6 Å². The lowest BCUT2D eigenvalue weighted by Gasteiger charge is -2.06. The molecule has 0 spiro atoms. The van der Waals surface area contributed by atoms with Gasteiger partial charge in [-0.25, -0.2) is 4.79 Å². The van der Waals surface area contributed by atoms with Crippen molar-refractivity contribution in [3.8, 4) is 0 Å². The van der Waals surface area contributed by atoms with Crippen molar-refractivity contribution in [1.29, 1.82) is 0 Å². The van der Waals surface area contributed by atoms with Crippen LogP contribution in [-0.2, 0) is 14.3 Å². The molecule has 0 aromatic rings. The Morgan fingerprint density at radius 3 is 2.33 bits per heavy atom. The van der Waals surface area contributed by atoms with Crippen LogP contribution in [0.25, 0.3) is 0 Å². The summed E-state index contributed by atoms with van der Waals surface area (Å²) in [7, 11) is 0. The first-order valence-corrected chi connectivity index (χ1v) is 4.67. The molecule has 0 bridgehead atoms. The van der Waals surface area contributed by atoms with Crippen LogP contribution in [0.2, 0.25) is 0 Å². The molecular weight excluding hydrogens is 180 g/mol. The number of rotatable bonds is 1. The molecule has 0 amide bonds. The highest BCUT2D eigenvalue weighted by molar-refractivity contribution is 8.12. The van der Waals surface area contributed by atoms with Crippen LogP contribution in [-0.4, -0.2) is 29.2 Å². The Hall–Kier alpha value is -0.840. The minimum atomic E-state index is -1.12. The Morgan fingerprint density at radius 1 is 1.42 bits per heavy atom. The van der Waals surface area contributed by atoms with Crippen LogP contribution in [0.15, 0.2) is 0 Å². The molecule has 0 saturated heterocycles. The van der Waals surface area contributed by atoms with Gasteiger partial charge in [0.05, 0.1) is 0 Å². The summed E-state index contributed by atoms with van der Waals surface area (Å²) in [5.41, 5.74) is 0. The third-order valence-corrected chi connectivity index (χ3v) is 2.01. The van der Waals surface area contributed by atoms with Crippen molar-refractivity contribution in [2.75, 3.05) is 6.26 Å². The number of hydrogen-bond donors (Lipinski definition) is 0. The lowest BCUT2D eigenvalue weighted by molar-refractivity contribution is -0.132. The Kier molecular flexibility index (Phi) is 2.86. The zero-order valence-corrected chi connectivity index (χ0v) is 7.35. The first-order chi connectivity index (χ1) is 5.65.